The Morgan fingerprint density at radius 2 is 1.04 bits per heavy atom. The summed E-state index contributed by atoms with van der Waals surface area (Å²) < 4.78 is 34.7. The van der Waals surface area contributed by atoms with Crippen molar-refractivity contribution in [3.8, 4) is 0 Å². The normalized spacial score (nSPS) is 14.5. The summed E-state index contributed by atoms with van der Waals surface area (Å²) in [5.74, 6) is -0.420. The highest BCUT2D eigenvalue weighted by atomic mass is 31.2. The molecular formula is C48H85NO7P+. The van der Waals surface area contributed by atoms with E-state index in [4.69, 9.17) is 18.5 Å². The molecule has 9 heteroatoms. The molecule has 0 saturated carbocycles. The highest BCUT2D eigenvalue weighted by Crippen LogP contribution is 2.43. The van der Waals surface area contributed by atoms with Gasteiger partial charge in [-0.25, -0.2) is 4.57 Å². The van der Waals surface area contributed by atoms with E-state index in [9.17, 15) is 14.3 Å². The highest BCUT2D eigenvalue weighted by Gasteiger charge is 2.26. The molecule has 2 atom stereocenters. The van der Waals surface area contributed by atoms with Gasteiger partial charge in [0.05, 0.1) is 34.0 Å². The first-order valence-corrected chi connectivity index (χ1v) is 23.9. The van der Waals surface area contributed by atoms with E-state index >= 15 is 0 Å². The lowest BCUT2D eigenvalue weighted by Gasteiger charge is -2.24. The second kappa shape index (κ2) is 40.3. The van der Waals surface area contributed by atoms with Crippen LogP contribution < -0.4 is 0 Å². The molecule has 0 aliphatic carbocycles. The number of carbonyl (C=O) groups excluding carboxylic acids is 1. The third-order valence-electron chi connectivity index (χ3n) is 9.05. The Hall–Kier alpha value is -2.48. The number of hydrogen-bond acceptors (Lipinski definition) is 6. The molecule has 0 rings (SSSR count). The number of nitrogens with zero attached hydrogens (tertiary/aromatic N) is 1. The summed E-state index contributed by atoms with van der Waals surface area (Å²) in [6.07, 6.45) is 54.4. The van der Waals surface area contributed by atoms with Gasteiger partial charge in [-0.2, -0.15) is 0 Å². The van der Waals surface area contributed by atoms with Crippen LogP contribution in [0.4, 0.5) is 0 Å². The van der Waals surface area contributed by atoms with Crippen LogP contribution in [0, 0.1) is 0 Å². The van der Waals surface area contributed by atoms with Crippen LogP contribution in [0.15, 0.2) is 85.3 Å². The topological polar surface area (TPSA) is 91.3 Å². The number of esters is 1. The first-order chi connectivity index (χ1) is 27.6. The summed E-state index contributed by atoms with van der Waals surface area (Å²) in [5.41, 5.74) is 0. The molecule has 0 aliphatic heterocycles. The molecule has 0 aromatic rings. The number of rotatable bonds is 40. The fraction of sp³-hybridized carbons (Fsp3) is 0.688. The number of carbonyl (C=O) groups is 1. The minimum atomic E-state index is -4.32. The third-order valence-corrected chi connectivity index (χ3v) is 10.0. The van der Waals surface area contributed by atoms with Crippen LogP contribution in [0.2, 0.25) is 0 Å². The van der Waals surface area contributed by atoms with Gasteiger partial charge in [0.25, 0.3) is 0 Å². The van der Waals surface area contributed by atoms with E-state index in [0.717, 1.165) is 51.4 Å². The van der Waals surface area contributed by atoms with Gasteiger partial charge in [-0.1, -0.05) is 170 Å². The molecule has 8 nitrogen and oxygen atoms in total. The molecule has 0 spiro atoms. The van der Waals surface area contributed by atoms with Gasteiger partial charge < -0.3 is 18.9 Å². The van der Waals surface area contributed by atoms with Crippen LogP contribution in [0.3, 0.4) is 0 Å². The van der Waals surface area contributed by atoms with E-state index in [1.54, 1.807) is 6.26 Å². The zero-order chi connectivity index (χ0) is 42.0. The average Bonchev–Trinajstić information content (AvgIpc) is 3.16. The van der Waals surface area contributed by atoms with Crippen molar-refractivity contribution in [2.45, 2.75) is 168 Å². The predicted molar refractivity (Wildman–Crippen MR) is 242 cm³/mol. The number of hydrogen-bond donors (Lipinski definition) is 1. The van der Waals surface area contributed by atoms with Crippen molar-refractivity contribution in [3.63, 3.8) is 0 Å². The van der Waals surface area contributed by atoms with Gasteiger partial charge in [-0.15, -0.1) is 0 Å². The Morgan fingerprint density at radius 3 is 1.51 bits per heavy atom. The van der Waals surface area contributed by atoms with Crippen LogP contribution in [-0.2, 0) is 27.9 Å². The number of phosphoric ester groups is 1. The standard InChI is InChI=1S/C48H84NO7P/c1-6-8-10-12-14-16-18-20-22-24-25-26-27-29-31-33-35-37-39-41-48(50)56-47(46-55-57(51,52)54-44-42-49(3,4)5)45-53-43-40-38-36-34-32-30-28-23-21-19-17-15-13-11-9-7-2/h8,10,14,16,20,22,25-26,29,31,35,37,40,43,47H,6-7,9,11-13,15,17-19,21,23-24,27-28,30,32-34,36,38-39,41-42,44-46H2,1-5H3/p+1. The summed E-state index contributed by atoms with van der Waals surface area (Å²) in [4.78, 5) is 22.8. The number of allylic oxidation sites excluding steroid dienone is 13. The lowest BCUT2D eigenvalue weighted by atomic mass is 10.0. The van der Waals surface area contributed by atoms with Crippen LogP contribution >= 0.6 is 7.82 Å². The Balaban J connectivity index is 4.43. The van der Waals surface area contributed by atoms with Crippen LogP contribution in [0.1, 0.15) is 162 Å². The maximum atomic E-state index is 12.7. The molecule has 0 heterocycles. The van der Waals surface area contributed by atoms with Gasteiger partial charge in [0.15, 0.2) is 6.10 Å². The van der Waals surface area contributed by atoms with Gasteiger partial charge in [-0.05, 0) is 63.9 Å². The lowest BCUT2D eigenvalue weighted by Crippen LogP contribution is -2.37. The van der Waals surface area contributed by atoms with Crippen molar-refractivity contribution in [3.05, 3.63) is 85.3 Å². The Bertz CT molecular complexity index is 1180. The van der Waals surface area contributed by atoms with Gasteiger partial charge in [-0.3, -0.25) is 13.8 Å². The molecular weight excluding hydrogens is 734 g/mol. The molecule has 1 N–H and O–H groups in total. The van der Waals surface area contributed by atoms with Gasteiger partial charge in [0, 0.05) is 6.42 Å². The second-order valence-corrected chi connectivity index (χ2v) is 17.2. The third kappa shape index (κ3) is 44.5. The van der Waals surface area contributed by atoms with Crippen LogP contribution in [0.5, 0.6) is 0 Å². The van der Waals surface area contributed by atoms with E-state index in [1.165, 1.54) is 83.5 Å². The smallest absolute Gasteiger partial charge is 0.472 e. The second-order valence-electron chi connectivity index (χ2n) is 15.8. The van der Waals surface area contributed by atoms with E-state index in [-0.39, 0.29) is 26.2 Å². The summed E-state index contributed by atoms with van der Waals surface area (Å²) in [6, 6.07) is 0. The first-order valence-electron chi connectivity index (χ1n) is 22.4. The van der Waals surface area contributed by atoms with Crippen molar-refractivity contribution in [1.29, 1.82) is 0 Å². The zero-order valence-electron chi connectivity index (χ0n) is 37.0. The molecule has 0 radical (unpaired) electrons. The monoisotopic (exact) mass is 819 g/mol. The lowest BCUT2D eigenvalue weighted by molar-refractivity contribution is -0.870. The van der Waals surface area contributed by atoms with E-state index in [2.05, 4.69) is 74.6 Å². The number of likely N-dealkylation sites (N-methyl/N-ethyl adjacent to an activating group) is 1. The SMILES string of the molecule is CCC=CCC=CCC=CCC=CCC=CCC=CCCC(=O)OC(COC=CCCCCCCCCCCCCCCCC)COP(=O)(O)OCC[N+](C)(C)C. The Labute approximate surface area is 350 Å². The molecule has 0 fully saturated rings. The number of phosphoric acid groups is 1. The maximum Gasteiger partial charge on any atom is 0.472 e. The van der Waals surface area contributed by atoms with Crippen molar-refractivity contribution in [2.75, 3.05) is 47.5 Å². The molecule has 328 valence electrons. The van der Waals surface area contributed by atoms with E-state index in [1.807, 2.05) is 39.4 Å². The molecule has 0 aromatic carbocycles. The fourth-order valence-electron chi connectivity index (χ4n) is 5.60. The fourth-order valence-corrected chi connectivity index (χ4v) is 6.34. The van der Waals surface area contributed by atoms with Crippen molar-refractivity contribution in [2.24, 2.45) is 0 Å². The number of quaternary nitrogens is 1. The molecule has 0 bridgehead atoms. The summed E-state index contributed by atoms with van der Waals surface area (Å²) in [7, 11) is 1.58. The summed E-state index contributed by atoms with van der Waals surface area (Å²) in [6.45, 7) is 4.72. The minimum Gasteiger partial charge on any atom is -0.498 e. The average molecular weight is 819 g/mol. The van der Waals surface area contributed by atoms with Crippen molar-refractivity contribution < 1.29 is 37.3 Å². The zero-order valence-corrected chi connectivity index (χ0v) is 37.9. The molecule has 2 unspecified atom stereocenters. The van der Waals surface area contributed by atoms with E-state index in [0.29, 0.717) is 17.4 Å². The largest absolute Gasteiger partial charge is 0.498 e. The quantitative estimate of drug-likeness (QED) is 0.0164. The summed E-state index contributed by atoms with van der Waals surface area (Å²) >= 11 is 0. The minimum absolute atomic E-state index is 0.0137. The van der Waals surface area contributed by atoms with Gasteiger partial charge in [0.2, 0.25) is 0 Å². The number of unbranched alkanes of at least 4 members (excludes halogenated alkanes) is 14. The molecule has 57 heavy (non-hydrogen) atoms. The van der Waals surface area contributed by atoms with Crippen molar-refractivity contribution in [1.82, 2.24) is 0 Å². The predicted octanol–water partition coefficient (Wildman–Crippen LogP) is 13.6. The maximum absolute atomic E-state index is 12.7. The molecule has 0 aromatic heterocycles. The first kappa shape index (κ1) is 54.5. The Morgan fingerprint density at radius 1 is 0.579 bits per heavy atom. The van der Waals surface area contributed by atoms with Gasteiger partial charge in [0.1, 0.15) is 19.8 Å². The number of ether oxygens (including phenoxy) is 2. The van der Waals surface area contributed by atoms with E-state index < -0.39 is 19.9 Å². The Kier molecular flexibility index (Phi) is 38.6. The van der Waals surface area contributed by atoms with Crippen LogP contribution in [-0.4, -0.2) is 69.0 Å². The molecule has 0 aliphatic rings. The van der Waals surface area contributed by atoms with Crippen molar-refractivity contribution >= 4 is 13.8 Å². The highest BCUT2D eigenvalue weighted by molar-refractivity contribution is 7.47. The van der Waals surface area contributed by atoms with Crippen LogP contribution in [0.25, 0.3) is 0 Å². The van der Waals surface area contributed by atoms with Gasteiger partial charge >= 0.3 is 13.8 Å². The summed E-state index contributed by atoms with van der Waals surface area (Å²) in [5, 5.41) is 0. The molecule has 0 amide bonds. The molecule has 0 saturated heterocycles.